The summed E-state index contributed by atoms with van der Waals surface area (Å²) in [6.07, 6.45) is 3.34. The Kier molecular flexibility index (Phi) is 4.90. The number of aromatic nitrogens is 1. The highest BCUT2D eigenvalue weighted by Gasteiger charge is 2.23. The number of likely N-dealkylation sites (tertiary alicyclic amines) is 1. The normalized spacial score (nSPS) is 20.0. The quantitative estimate of drug-likeness (QED) is 0.848. The van der Waals surface area contributed by atoms with Gasteiger partial charge in [-0.1, -0.05) is 29.8 Å². The van der Waals surface area contributed by atoms with Gasteiger partial charge in [0.1, 0.15) is 9.84 Å². The molecule has 1 aromatic heterocycles. The Bertz CT molecular complexity index is 807. The minimum atomic E-state index is -2.91. The van der Waals surface area contributed by atoms with Crippen LogP contribution in [0.2, 0.25) is 5.02 Å². The minimum Gasteiger partial charge on any atom is -0.297 e. The van der Waals surface area contributed by atoms with Crippen LogP contribution >= 0.6 is 11.6 Å². The molecule has 124 valence electrons. The molecule has 1 saturated heterocycles. The molecule has 6 heteroatoms. The Balaban J connectivity index is 1.72. The van der Waals surface area contributed by atoms with E-state index in [0.29, 0.717) is 5.02 Å². The van der Waals surface area contributed by atoms with Crippen LogP contribution in [0.3, 0.4) is 0 Å². The molecule has 23 heavy (non-hydrogen) atoms. The summed E-state index contributed by atoms with van der Waals surface area (Å²) in [4.78, 5) is 6.97. The van der Waals surface area contributed by atoms with E-state index in [-0.39, 0.29) is 11.7 Å². The number of rotatable bonds is 4. The standard InChI is InChI=1S/C17H21ClN2O2S/c1-23(21,22)12-13-4-3-9-20(10-13)11-15-8-7-14-5-2-6-16(18)17(14)19-15/h2,5-8,13H,3-4,9-12H2,1H3/t13-/m1/s1. The molecule has 1 aromatic carbocycles. The number of nitrogens with zero attached hydrogens (tertiary/aromatic N) is 2. The molecule has 1 aliphatic rings. The molecule has 0 aliphatic carbocycles. The Morgan fingerprint density at radius 3 is 2.91 bits per heavy atom. The van der Waals surface area contributed by atoms with Gasteiger partial charge < -0.3 is 0 Å². The van der Waals surface area contributed by atoms with Crippen LogP contribution in [-0.4, -0.2) is 43.4 Å². The maximum atomic E-state index is 11.5. The van der Waals surface area contributed by atoms with Crippen molar-refractivity contribution in [3.8, 4) is 0 Å². The highest BCUT2D eigenvalue weighted by molar-refractivity contribution is 7.90. The summed E-state index contributed by atoms with van der Waals surface area (Å²) in [5, 5.41) is 1.70. The lowest BCUT2D eigenvalue weighted by atomic mass is 10.00. The van der Waals surface area contributed by atoms with Crippen LogP contribution < -0.4 is 0 Å². The average molecular weight is 353 g/mol. The number of piperidine rings is 1. The van der Waals surface area contributed by atoms with Crippen LogP contribution in [0.25, 0.3) is 10.9 Å². The number of halogens is 1. The van der Waals surface area contributed by atoms with Crippen molar-refractivity contribution >= 4 is 32.3 Å². The minimum absolute atomic E-state index is 0.225. The fourth-order valence-corrected chi connectivity index (χ4v) is 4.68. The van der Waals surface area contributed by atoms with Gasteiger partial charge in [-0.25, -0.2) is 13.4 Å². The number of benzene rings is 1. The van der Waals surface area contributed by atoms with Crippen LogP contribution in [0.4, 0.5) is 0 Å². The SMILES string of the molecule is CS(=O)(=O)C[C@@H]1CCCN(Cc2ccc3cccc(Cl)c3n2)C1. The van der Waals surface area contributed by atoms with Gasteiger partial charge in [-0.15, -0.1) is 0 Å². The molecule has 0 spiro atoms. The average Bonchev–Trinajstić information content (AvgIpc) is 2.47. The zero-order valence-electron chi connectivity index (χ0n) is 13.2. The van der Waals surface area contributed by atoms with Gasteiger partial charge in [-0.3, -0.25) is 4.90 Å². The molecule has 0 amide bonds. The van der Waals surface area contributed by atoms with Crippen molar-refractivity contribution in [2.24, 2.45) is 5.92 Å². The van der Waals surface area contributed by atoms with E-state index in [1.54, 1.807) is 0 Å². The van der Waals surface area contributed by atoms with Crippen LogP contribution in [-0.2, 0) is 16.4 Å². The summed E-state index contributed by atoms with van der Waals surface area (Å²) >= 11 is 6.22. The highest BCUT2D eigenvalue weighted by Crippen LogP contribution is 2.23. The predicted molar refractivity (Wildman–Crippen MR) is 94.5 cm³/mol. The van der Waals surface area contributed by atoms with Crippen LogP contribution in [0.1, 0.15) is 18.5 Å². The van der Waals surface area contributed by atoms with Gasteiger partial charge in [0.05, 0.1) is 22.0 Å². The molecule has 2 heterocycles. The molecule has 2 aromatic rings. The summed E-state index contributed by atoms with van der Waals surface area (Å²) in [6, 6.07) is 9.84. The van der Waals surface area contributed by atoms with E-state index in [9.17, 15) is 8.42 Å². The second-order valence-corrected chi connectivity index (χ2v) is 9.04. The van der Waals surface area contributed by atoms with Crippen molar-refractivity contribution < 1.29 is 8.42 Å². The lowest BCUT2D eigenvalue weighted by molar-refractivity contribution is 0.176. The van der Waals surface area contributed by atoms with Gasteiger partial charge in [0.2, 0.25) is 0 Å². The summed E-state index contributed by atoms with van der Waals surface area (Å²) in [6.45, 7) is 2.54. The van der Waals surface area contributed by atoms with E-state index >= 15 is 0 Å². The molecule has 0 unspecified atom stereocenters. The first-order chi connectivity index (χ1) is 10.9. The molecule has 0 bridgehead atoms. The molecule has 0 saturated carbocycles. The molecule has 3 rings (SSSR count). The maximum Gasteiger partial charge on any atom is 0.147 e. The molecule has 4 nitrogen and oxygen atoms in total. The summed E-state index contributed by atoms with van der Waals surface area (Å²) in [5.74, 6) is 0.503. The van der Waals surface area contributed by atoms with E-state index in [2.05, 4.69) is 9.88 Å². The topological polar surface area (TPSA) is 50.3 Å². The van der Waals surface area contributed by atoms with Gasteiger partial charge in [0.15, 0.2) is 0 Å². The van der Waals surface area contributed by atoms with E-state index in [1.807, 2.05) is 30.3 Å². The fraction of sp³-hybridized carbons (Fsp3) is 0.471. The summed E-state index contributed by atoms with van der Waals surface area (Å²) < 4.78 is 23.0. The van der Waals surface area contributed by atoms with Crippen molar-refractivity contribution in [3.05, 3.63) is 41.0 Å². The predicted octanol–water partition coefficient (Wildman–Crippen LogP) is 3.14. The van der Waals surface area contributed by atoms with E-state index in [1.165, 1.54) is 6.26 Å². The molecule has 1 fully saturated rings. The zero-order chi connectivity index (χ0) is 16.4. The van der Waals surface area contributed by atoms with E-state index < -0.39 is 9.84 Å². The smallest absolute Gasteiger partial charge is 0.147 e. The zero-order valence-corrected chi connectivity index (χ0v) is 14.8. The molecular weight excluding hydrogens is 332 g/mol. The molecule has 0 radical (unpaired) electrons. The van der Waals surface area contributed by atoms with E-state index in [4.69, 9.17) is 11.6 Å². The first-order valence-electron chi connectivity index (χ1n) is 7.85. The maximum absolute atomic E-state index is 11.5. The lowest BCUT2D eigenvalue weighted by Gasteiger charge is -2.32. The number of hydrogen-bond donors (Lipinski definition) is 0. The second kappa shape index (κ2) is 6.75. The third-order valence-corrected chi connectivity index (χ3v) is 5.64. The Hall–Kier alpha value is -1.17. The molecule has 1 aliphatic heterocycles. The number of hydrogen-bond acceptors (Lipinski definition) is 4. The second-order valence-electron chi connectivity index (χ2n) is 6.45. The van der Waals surface area contributed by atoms with Crippen molar-refractivity contribution in [3.63, 3.8) is 0 Å². The number of sulfone groups is 1. The molecular formula is C17H21ClN2O2S. The van der Waals surface area contributed by atoms with Crippen molar-refractivity contribution in [1.29, 1.82) is 0 Å². The van der Waals surface area contributed by atoms with Gasteiger partial charge in [-0.2, -0.15) is 0 Å². The van der Waals surface area contributed by atoms with Gasteiger partial charge >= 0.3 is 0 Å². The number of para-hydroxylation sites is 1. The van der Waals surface area contributed by atoms with E-state index in [0.717, 1.165) is 49.1 Å². The van der Waals surface area contributed by atoms with Crippen molar-refractivity contribution in [2.45, 2.75) is 19.4 Å². The van der Waals surface area contributed by atoms with Crippen molar-refractivity contribution in [2.75, 3.05) is 25.1 Å². The van der Waals surface area contributed by atoms with Gasteiger partial charge in [0.25, 0.3) is 0 Å². The number of pyridine rings is 1. The Labute approximate surface area is 142 Å². The summed E-state index contributed by atoms with van der Waals surface area (Å²) in [7, 11) is -2.91. The third kappa shape index (κ3) is 4.43. The van der Waals surface area contributed by atoms with Crippen LogP contribution in [0, 0.1) is 5.92 Å². The third-order valence-electron chi connectivity index (χ3n) is 4.26. The van der Waals surface area contributed by atoms with Gasteiger partial charge in [-0.05, 0) is 37.4 Å². The first-order valence-corrected chi connectivity index (χ1v) is 10.3. The van der Waals surface area contributed by atoms with Crippen LogP contribution in [0.15, 0.2) is 30.3 Å². The first kappa shape index (κ1) is 16.7. The van der Waals surface area contributed by atoms with Crippen molar-refractivity contribution in [1.82, 2.24) is 9.88 Å². The lowest BCUT2D eigenvalue weighted by Crippen LogP contribution is -2.37. The van der Waals surface area contributed by atoms with Crippen LogP contribution in [0.5, 0.6) is 0 Å². The molecule has 1 atom stereocenters. The molecule has 0 N–H and O–H groups in total. The van der Waals surface area contributed by atoms with Gasteiger partial charge in [0, 0.05) is 24.7 Å². The Morgan fingerprint density at radius 2 is 2.13 bits per heavy atom. The Morgan fingerprint density at radius 1 is 1.30 bits per heavy atom. The number of fused-ring (bicyclic) bond motifs is 1. The summed E-state index contributed by atoms with van der Waals surface area (Å²) in [5.41, 5.74) is 1.81. The largest absolute Gasteiger partial charge is 0.297 e. The monoisotopic (exact) mass is 352 g/mol. The highest BCUT2D eigenvalue weighted by atomic mass is 35.5. The fourth-order valence-electron chi connectivity index (χ4n) is 3.33.